The first-order valence-corrected chi connectivity index (χ1v) is 8.22. The minimum atomic E-state index is -0.313. The van der Waals surface area contributed by atoms with Crippen LogP contribution >= 0.6 is 27.5 Å². The van der Waals surface area contributed by atoms with E-state index in [4.69, 9.17) is 16.3 Å². The van der Waals surface area contributed by atoms with Crippen LogP contribution in [0.3, 0.4) is 0 Å². The third-order valence-corrected chi connectivity index (χ3v) is 4.17. The van der Waals surface area contributed by atoms with Crippen LogP contribution in [0.5, 0.6) is 5.75 Å². The van der Waals surface area contributed by atoms with E-state index in [2.05, 4.69) is 21.2 Å². The van der Waals surface area contributed by atoms with Crippen LogP contribution in [0.4, 0.5) is 5.69 Å². The predicted octanol–water partition coefficient (Wildman–Crippen LogP) is 3.82. The summed E-state index contributed by atoms with van der Waals surface area (Å²) in [4.78, 5) is 25.9. The lowest BCUT2D eigenvalue weighted by Gasteiger charge is -2.18. The Balaban J connectivity index is 2.04. The zero-order chi connectivity index (χ0) is 17.7. The first-order valence-electron chi connectivity index (χ1n) is 7.05. The highest BCUT2D eigenvalue weighted by molar-refractivity contribution is 9.10. The normalized spacial score (nSPS) is 10.2. The van der Waals surface area contributed by atoms with Gasteiger partial charge in [-0.15, -0.1) is 0 Å². The van der Waals surface area contributed by atoms with E-state index in [1.54, 1.807) is 49.5 Å². The molecule has 0 heterocycles. The van der Waals surface area contributed by atoms with Gasteiger partial charge in [-0.25, -0.2) is 0 Å². The summed E-state index contributed by atoms with van der Waals surface area (Å²) in [6.07, 6.45) is 0. The van der Waals surface area contributed by atoms with Gasteiger partial charge >= 0.3 is 0 Å². The monoisotopic (exact) mass is 410 g/mol. The number of nitrogens with one attached hydrogen (secondary N) is 1. The van der Waals surface area contributed by atoms with Crippen molar-refractivity contribution in [1.82, 2.24) is 4.90 Å². The van der Waals surface area contributed by atoms with Crippen molar-refractivity contribution in [1.29, 1.82) is 0 Å². The number of hydrogen-bond acceptors (Lipinski definition) is 3. The molecule has 0 radical (unpaired) electrons. The second-order valence-corrected chi connectivity index (χ2v) is 6.36. The third-order valence-electron chi connectivity index (χ3n) is 3.24. The Morgan fingerprint density at radius 1 is 1.25 bits per heavy atom. The van der Waals surface area contributed by atoms with E-state index in [9.17, 15) is 9.59 Å². The molecule has 2 aromatic carbocycles. The van der Waals surface area contributed by atoms with E-state index in [0.717, 1.165) is 0 Å². The van der Waals surface area contributed by atoms with Gasteiger partial charge in [-0.3, -0.25) is 9.59 Å². The maximum Gasteiger partial charge on any atom is 0.255 e. The van der Waals surface area contributed by atoms with Crippen molar-refractivity contribution in [3.05, 3.63) is 57.5 Å². The van der Waals surface area contributed by atoms with Gasteiger partial charge in [-0.1, -0.05) is 17.7 Å². The van der Waals surface area contributed by atoms with Gasteiger partial charge in [0.25, 0.3) is 5.91 Å². The number of methoxy groups -OCH3 is 1. The number of nitrogens with zero attached hydrogens (tertiary/aromatic N) is 1. The Morgan fingerprint density at radius 2 is 2.00 bits per heavy atom. The molecule has 2 aromatic rings. The highest BCUT2D eigenvalue weighted by atomic mass is 79.9. The minimum absolute atomic E-state index is 0.0883. The van der Waals surface area contributed by atoms with Crippen LogP contribution in [0.2, 0.25) is 5.02 Å². The summed E-state index contributed by atoms with van der Waals surface area (Å²) in [6.45, 7) is -0.0883. The van der Waals surface area contributed by atoms with Crippen LogP contribution in [0.15, 0.2) is 46.9 Å². The van der Waals surface area contributed by atoms with Crippen LogP contribution in [0.1, 0.15) is 10.4 Å². The lowest BCUT2D eigenvalue weighted by atomic mass is 10.2. The van der Waals surface area contributed by atoms with Crippen LogP contribution in [-0.2, 0) is 4.79 Å². The first-order chi connectivity index (χ1) is 11.4. The molecule has 126 valence electrons. The Morgan fingerprint density at radius 3 is 2.67 bits per heavy atom. The van der Waals surface area contributed by atoms with E-state index < -0.39 is 0 Å². The van der Waals surface area contributed by atoms with Crippen molar-refractivity contribution in [3.63, 3.8) is 0 Å². The lowest BCUT2D eigenvalue weighted by Crippen LogP contribution is -2.35. The van der Waals surface area contributed by atoms with E-state index >= 15 is 0 Å². The largest absolute Gasteiger partial charge is 0.497 e. The van der Waals surface area contributed by atoms with Gasteiger partial charge in [0.2, 0.25) is 5.91 Å². The van der Waals surface area contributed by atoms with E-state index in [1.165, 1.54) is 12.0 Å². The Bertz CT molecular complexity index is 767. The van der Waals surface area contributed by atoms with Gasteiger partial charge in [0.05, 0.1) is 19.2 Å². The third kappa shape index (κ3) is 4.72. The molecule has 0 saturated heterocycles. The van der Waals surface area contributed by atoms with Crippen molar-refractivity contribution >= 4 is 45.0 Å². The van der Waals surface area contributed by atoms with Gasteiger partial charge in [0, 0.05) is 22.2 Å². The quantitative estimate of drug-likeness (QED) is 0.813. The second-order valence-electron chi connectivity index (χ2n) is 5.07. The number of carbonyl (C=O) groups is 2. The minimum Gasteiger partial charge on any atom is -0.497 e. The van der Waals surface area contributed by atoms with Gasteiger partial charge in [0.1, 0.15) is 5.75 Å². The molecule has 2 rings (SSSR count). The van der Waals surface area contributed by atoms with E-state index in [-0.39, 0.29) is 18.4 Å². The molecule has 0 aliphatic carbocycles. The first kappa shape index (κ1) is 18.3. The second kappa shape index (κ2) is 8.17. The van der Waals surface area contributed by atoms with Gasteiger partial charge in [-0.05, 0) is 52.3 Å². The molecule has 7 heteroatoms. The smallest absolute Gasteiger partial charge is 0.255 e. The molecule has 0 aliphatic heterocycles. The van der Waals surface area contributed by atoms with Crippen molar-refractivity contribution in [2.75, 3.05) is 26.0 Å². The van der Waals surface area contributed by atoms with Gasteiger partial charge < -0.3 is 15.0 Å². The maximum absolute atomic E-state index is 12.5. The van der Waals surface area contributed by atoms with Crippen molar-refractivity contribution in [2.45, 2.75) is 0 Å². The Kier molecular flexibility index (Phi) is 6.23. The molecular formula is C17H16BrClN2O3. The number of halogens is 2. The molecule has 0 fully saturated rings. The fourth-order valence-corrected chi connectivity index (χ4v) is 2.66. The topological polar surface area (TPSA) is 58.6 Å². The molecule has 1 N–H and O–H groups in total. The molecule has 0 bridgehead atoms. The number of hydrogen-bond donors (Lipinski definition) is 1. The fourth-order valence-electron chi connectivity index (χ4n) is 2.05. The van der Waals surface area contributed by atoms with E-state index in [0.29, 0.717) is 26.5 Å². The van der Waals surface area contributed by atoms with Crippen LogP contribution in [0.25, 0.3) is 0 Å². The Labute approximate surface area is 153 Å². The molecule has 0 atom stereocenters. The number of carbonyl (C=O) groups excluding carboxylic acids is 2. The zero-order valence-corrected chi connectivity index (χ0v) is 15.5. The fraction of sp³-hybridized carbons (Fsp3) is 0.176. The van der Waals surface area contributed by atoms with Gasteiger partial charge in [-0.2, -0.15) is 0 Å². The summed E-state index contributed by atoms with van der Waals surface area (Å²) in [7, 11) is 3.09. The number of likely N-dealkylation sites (N-methyl/N-ethyl adjacent to an activating group) is 1. The highest BCUT2D eigenvalue weighted by Crippen LogP contribution is 2.23. The summed E-state index contributed by atoms with van der Waals surface area (Å²) in [5.74, 6) is -0.0347. The van der Waals surface area contributed by atoms with Crippen LogP contribution in [-0.4, -0.2) is 37.4 Å². The predicted molar refractivity (Wildman–Crippen MR) is 97.7 cm³/mol. The van der Waals surface area contributed by atoms with Crippen LogP contribution < -0.4 is 10.1 Å². The number of amides is 2. The maximum atomic E-state index is 12.5. The lowest BCUT2D eigenvalue weighted by molar-refractivity contribution is -0.116. The van der Waals surface area contributed by atoms with Crippen molar-refractivity contribution in [2.24, 2.45) is 0 Å². The summed E-state index contributed by atoms with van der Waals surface area (Å²) in [5, 5.41) is 3.23. The Hall–Kier alpha value is -2.05. The number of rotatable bonds is 5. The molecule has 0 spiro atoms. The summed E-state index contributed by atoms with van der Waals surface area (Å²) in [6, 6.07) is 11.9. The van der Waals surface area contributed by atoms with Crippen molar-refractivity contribution in [3.8, 4) is 5.75 Å². The average Bonchev–Trinajstić information content (AvgIpc) is 2.54. The average molecular weight is 412 g/mol. The number of benzene rings is 2. The number of anilines is 1. The molecule has 5 nitrogen and oxygen atoms in total. The van der Waals surface area contributed by atoms with Crippen molar-refractivity contribution < 1.29 is 14.3 Å². The molecule has 0 unspecified atom stereocenters. The van der Waals surface area contributed by atoms with Crippen LogP contribution in [0, 0.1) is 0 Å². The summed E-state index contributed by atoms with van der Waals surface area (Å²) >= 11 is 9.22. The molecule has 24 heavy (non-hydrogen) atoms. The molecule has 0 aliphatic rings. The molecule has 0 aromatic heterocycles. The van der Waals surface area contributed by atoms with Gasteiger partial charge in [0.15, 0.2) is 0 Å². The van der Waals surface area contributed by atoms with E-state index in [1.807, 2.05) is 0 Å². The molecule has 2 amide bonds. The zero-order valence-electron chi connectivity index (χ0n) is 13.2. The SMILES string of the molecule is COc1ccc(Br)c(C(=O)N(C)CC(=O)Nc2cccc(Cl)c2)c1. The number of ether oxygens (including phenoxy) is 1. The molecular weight excluding hydrogens is 396 g/mol. The standard InChI is InChI=1S/C17H16BrClN2O3/c1-21(10-16(22)20-12-5-3-4-11(19)8-12)17(23)14-9-13(24-2)6-7-15(14)18/h3-9H,10H2,1-2H3,(H,20,22). The summed E-state index contributed by atoms with van der Waals surface area (Å²) < 4.78 is 5.76. The molecule has 0 saturated carbocycles. The summed E-state index contributed by atoms with van der Waals surface area (Å²) in [5.41, 5.74) is 1.00. The highest BCUT2D eigenvalue weighted by Gasteiger charge is 2.18.